The Morgan fingerprint density at radius 2 is 1.80 bits per heavy atom. The highest BCUT2D eigenvalue weighted by Gasteiger charge is 2.14. The van der Waals surface area contributed by atoms with Gasteiger partial charge in [-0.25, -0.2) is 0 Å². The first-order valence-electron chi connectivity index (χ1n) is 4.30. The molecule has 5 heteroatoms. The van der Waals surface area contributed by atoms with Gasteiger partial charge in [0.25, 0.3) is 0 Å². The van der Waals surface area contributed by atoms with Crippen LogP contribution in [0.4, 0.5) is 0 Å². The molecule has 2 rings (SSSR count). The van der Waals surface area contributed by atoms with Crippen LogP contribution in [0.5, 0.6) is 11.5 Å². The molecule has 0 saturated carbocycles. The van der Waals surface area contributed by atoms with Crippen molar-refractivity contribution in [2.45, 2.75) is 0 Å². The molecule has 4 nitrogen and oxygen atoms in total. The van der Waals surface area contributed by atoms with Gasteiger partial charge in [0.15, 0.2) is 10.9 Å². The summed E-state index contributed by atoms with van der Waals surface area (Å²) in [6, 6.07) is 6.37. The minimum Gasteiger partial charge on any atom is -0.508 e. The number of rotatable bonds is 1. The molecule has 78 valence electrons. The number of benzene rings is 1. The maximum Gasteiger partial charge on any atom is 0.181 e. The minimum absolute atomic E-state index is 0.0511. The summed E-state index contributed by atoms with van der Waals surface area (Å²) in [5.74, 6) is 0.116. The molecule has 1 aromatic heterocycles. The molecule has 0 bridgehead atoms. The largest absolute Gasteiger partial charge is 0.508 e. The summed E-state index contributed by atoms with van der Waals surface area (Å²) >= 11 is 5.78. The average molecular weight is 225 g/mol. The summed E-state index contributed by atoms with van der Waals surface area (Å²) in [7, 11) is 1.64. The van der Waals surface area contributed by atoms with Crippen LogP contribution in [0.15, 0.2) is 24.3 Å². The molecule has 0 atom stereocenters. The molecular formula is C10H9ClN2O2. The molecule has 0 spiro atoms. The van der Waals surface area contributed by atoms with Gasteiger partial charge in [0.2, 0.25) is 0 Å². The van der Waals surface area contributed by atoms with Gasteiger partial charge < -0.3 is 10.2 Å². The zero-order chi connectivity index (χ0) is 11.0. The SMILES string of the molecule is Cn1nc(-c2ccc(O)cc2)c(O)c1Cl. The predicted octanol–water partition coefficient (Wildman–Crippen LogP) is 2.15. The summed E-state index contributed by atoms with van der Waals surface area (Å²) < 4.78 is 1.39. The highest BCUT2D eigenvalue weighted by molar-refractivity contribution is 6.31. The fourth-order valence-electron chi connectivity index (χ4n) is 1.31. The average Bonchev–Trinajstić information content (AvgIpc) is 2.47. The van der Waals surface area contributed by atoms with Crippen LogP contribution in [0.1, 0.15) is 0 Å². The van der Waals surface area contributed by atoms with Crippen molar-refractivity contribution < 1.29 is 10.2 Å². The van der Waals surface area contributed by atoms with E-state index in [4.69, 9.17) is 16.7 Å². The van der Waals surface area contributed by atoms with E-state index in [-0.39, 0.29) is 16.7 Å². The van der Waals surface area contributed by atoms with Crippen LogP contribution >= 0.6 is 11.6 Å². The summed E-state index contributed by atoms with van der Waals surface area (Å²) in [5, 5.41) is 23.0. The highest BCUT2D eigenvalue weighted by Crippen LogP contribution is 2.34. The number of nitrogens with zero attached hydrogens (tertiary/aromatic N) is 2. The van der Waals surface area contributed by atoms with Gasteiger partial charge in [0.1, 0.15) is 11.4 Å². The van der Waals surface area contributed by atoms with Crippen LogP contribution in [-0.2, 0) is 7.05 Å². The number of aryl methyl sites for hydroxylation is 1. The molecule has 0 aliphatic carbocycles. The number of hydrogen-bond donors (Lipinski definition) is 2. The third-order valence-electron chi connectivity index (χ3n) is 2.09. The molecule has 0 aliphatic heterocycles. The lowest BCUT2D eigenvalue weighted by atomic mass is 10.1. The van der Waals surface area contributed by atoms with Crippen molar-refractivity contribution in [2.75, 3.05) is 0 Å². The fraction of sp³-hybridized carbons (Fsp3) is 0.100. The van der Waals surface area contributed by atoms with E-state index in [1.165, 1.54) is 16.8 Å². The number of aromatic hydroxyl groups is 2. The molecule has 1 heterocycles. The van der Waals surface area contributed by atoms with Crippen molar-refractivity contribution in [1.82, 2.24) is 9.78 Å². The normalized spacial score (nSPS) is 10.5. The minimum atomic E-state index is -0.0511. The lowest BCUT2D eigenvalue weighted by Gasteiger charge is -1.97. The maximum atomic E-state index is 9.66. The van der Waals surface area contributed by atoms with Gasteiger partial charge in [-0.05, 0) is 24.3 Å². The third-order valence-corrected chi connectivity index (χ3v) is 2.52. The Morgan fingerprint density at radius 1 is 1.20 bits per heavy atom. The smallest absolute Gasteiger partial charge is 0.181 e. The Morgan fingerprint density at radius 3 is 2.27 bits per heavy atom. The van der Waals surface area contributed by atoms with Crippen molar-refractivity contribution in [2.24, 2.45) is 7.05 Å². The first kappa shape index (κ1) is 9.86. The zero-order valence-electron chi connectivity index (χ0n) is 7.98. The lowest BCUT2D eigenvalue weighted by molar-refractivity contribution is 0.474. The first-order chi connectivity index (χ1) is 7.09. The van der Waals surface area contributed by atoms with Crippen molar-refractivity contribution in [3.8, 4) is 22.8 Å². The first-order valence-corrected chi connectivity index (χ1v) is 4.68. The van der Waals surface area contributed by atoms with Crippen molar-refractivity contribution in [3.63, 3.8) is 0 Å². The Hall–Kier alpha value is -1.68. The Balaban J connectivity index is 2.54. The summed E-state index contributed by atoms with van der Waals surface area (Å²) in [6.45, 7) is 0. The van der Waals surface area contributed by atoms with Gasteiger partial charge in [-0.1, -0.05) is 11.6 Å². The maximum absolute atomic E-state index is 9.66. The quantitative estimate of drug-likeness (QED) is 0.780. The molecule has 15 heavy (non-hydrogen) atoms. The number of phenols is 1. The van der Waals surface area contributed by atoms with E-state index in [1.54, 1.807) is 19.2 Å². The molecule has 0 amide bonds. The van der Waals surface area contributed by atoms with E-state index in [1.807, 2.05) is 0 Å². The van der Waals surface area contributed by atoms with E-state index in [0.29, 0.717) is 11.3 Å². The summed E-state index contributed by atoms with van der Waals surface area (Å²) in [5.41, 5.74) is 1.11. The van der Waals surface area contributed by atoms with Gasteiger partial charge in [-0.3, -0.25) is 4.68 Å². The van der Waals surface area contributed by atoms with Crippen LogP contribution < -0.4 is 0 Å². The standard InChI is InChI=1S/C10H9ClN2O2/c1-13-10(11)9(15)8(12-13)6-2-4-7(14)5-3-6/h2-5,14-15H,1H3. The second kappa shape index (κ2) is 3.47. The zero-order valence-corrected chi connectivity index (χ0v) is 8.73. The number of halogens is 1. The number of phenolic OH excluding ortho intramolecular Hbond substituents is 1. The molecule has 2 aromatic rings. The number of hydrogen-bond acceptors (Lipinski definition) is 3. The van der Waals surface area contributed by atoms with E-state index in [2.05, 4.69) is 5.10 Å². The molecule has 0 unspecified atom stereocenters. The Bertz CT molecular complexity index is 491. The van der Waals surface area contributed by atoms with Crippen molar-refractivity contribution >= 4 is 11.6 Å². The van der Waals surface area contributed by atoms with Gasteiger partial charge in [-0.15, -0.1) is 0 Å². The van der Waals surface area contributed by atoms with Gasteiger partial charge in [0, 0.05) is 12.6 Å². The predicted molar refractivity (Wildman–Crippen MR) is 57.0 cm³/mol. The second-order valence-corrected chi connectivity index (χ2v) is 3.52. The Labute approximate surface area is 91.4 Å². The molecule has 0 fully saturated rings. The monoisotopic (exact) mass is 224 g/mol. The number of aromatic nitrogens is 2. The van der Waals surface area contributed by atoms with E-state index in [9.17, 15) is 5.11 Å². The van der Waals surface area contributed by atoms with Crippen LogP contribution in [0.25, 0.3) is 11.3 Å². The van der Waals surface area contributed by atoms with Crippen LogP contribution in [0.3, 0.4) is 0 Å². The van der Waals surface area contributed by atoms with Crippen LogP contribution in [-0.4, -0.2) is 20.0 Å². The van der Waals surface area contributed by atoms with E-state index < -0.39 is 0 Å². The second-order valence-electron chi connectivity index (χ2n) is 3.16. The summed E-state index contributed by atoms with van der Waals surface area (Å²) in [4.78, 5) is 0. The van der Waals surface area contributed by atoms with E-state index in [0.717, 1.165) is 0 Å². The fourth-order valence-corrected chi connectivity index (χ4v) is 1.43. The van der Waals surface area contributed by atoms with Crippen molar-refractivity contribution in [1.29, 1.82) is 0 Å². The molecule has 0 aliphatic rings. The Kier molecular flexibility index (Phi) is 2.28. The molecule has 0 saturated heterocycles. The topological polar surface area (TPSA) is 58.3 Å². The van der Waals surface area contributed by atoms with Gasteiger partial charge >= 0.3 is 0 Å². The van der Waals surface area contributed by atoms with Crippen LogP contribution in [0.2, 0.25) is 5.15 Å². The van der Waals surface area contributed by atoms with Gasteiger partial charge in [-0.2, -0.15) is 5.10 Å². The summed E-state index contributed by atoms with van der Waals surface area (Å²) in [6.07, 6.45) is 0. The third kappa shape index (κ3) is 1.64. The van der Waals surface area contributed by atoms with Crippen LogP contribution in [0, 0.1) is 0 Å². The lowest BCUT2D eigenvalue weighted by Crippen LogP contribution is -1.89. The highest BCUT2D eigenvalue weighted by atomic mass is 35.5. The van der Waals surface area contributed by atoms with Crippen molar-refractivity contribution in [3.05, 3.63) is 29.4 Å². The molecule has 2 N–H and O–H groups in total. The molecular weight excluding hydrogens is 216 g/mol. The van der Waals surface area contributed by atoms with E-state index >= 15 is 0 Å². The van der Waals surface area contributed by atoms with Gasteiger partial charge in [0.05, 0.1) is 0 Å². The molecule has 0 radical (unpaired) electrons. The molecule has 1 aromatic carbocycles.